The number of hydrogen-bond donors (Lipinski definition) is 1. The molecule has 0 spiro atoms. The van der Waals surface area contributed by atoms with Gasteiger partial charge in [0.25, 0.3) is 5.91 Å². The minimum absolute atomic E-state index is 0.0933. The van der Waals surface area contributed by atoms with Crippen molar-refractivity contribution in [2.75, 3.05) is 6.54 Å². The molecule has 2 aromatic heterocycles. The van der Waals surface area contributed by atoms with Crippen LogP contribution in [0.1, 0.15) is 15.4 Å². The number of halogens is 3. The van der Waals surface area contributed by atoms with E-state index in [4.69, 9.17) is 6.42 Å². The van der Waals surface area contributed by atoms with E-state index in [-0.39, 0.29) is 12.5 Å². The monoisotopic (exact) mass is 313 g/mol. The second-order valence-corrected chi connectivity index (χ2v) is 5.17. The van der Waals surface area contributed by atoms with E-state index in [2.05, 4.69) is 16.3 Å². The van der Waals surface area contributed by atoms with Gasteiger partial charge in [-0.1, -0.05) is 5.92 Å². The molecule has 0 radical (unpaired) electrons. The number of hydrogen-bond acceptors (Lipinski definition) is 3. The summed E-state index contributed by atoms with van der Waals surface area (Å²) < 4.78 is 39.0. The van der Waals surface area contributed by atoms with E-state index in [1.165, 1.54) is 13.1 Å². The van der Waals surface area contributed by atoms with Gasteiger partial charge >= 0.3 is 6.18 Å². The molecule has 0 unspecified atom stereocenters. The van der Waals surface area contributed by atoms with Gasteiger partial charge in [-0.25, -0.2) is 0 Å². The predicted octanol–water partition coefficient (Wildman–Crippen LogP) is 2.53. The third kappa shape index (κ3) is 3.25. The number of terminal acetylenes is 1. The number of carbonyl (C=O) groups is 1. The van der Waals surface area contributed by atoms with Crippen LogP contribution in [0.25, 0.3) is 10.6 Å². The van der Waals surface area contributed by atoms with Gasteiger partial charge in [-0.2, -0.15) is 18.3 Å². The maximum Gasteiger partial charge on any atom is 0.435 e. The van der Waals surface area contributed by atoms with Crippen molar-refractivity contribution in [3.63, 3.8) is 0 Å². The lowest BCUT2D eigenvalue weighted by Crippen LogP contribution is -2.22. The minimum atomic E-state index is -4.50. The number of nitrogens with zero attached hydrogens (tertiary/aromatic N) is 2. The van der Waals surface area contributed by atoms with Gasteiger partial charge in [0.1, 0.15) is 0 Å². The van der Waals surface area contributed by atoms with Crippen LogP contribution in [-0.2, 0) is 13.2 Å². The molecular weight excluding hydrogens is 303 g/mol. The summed E-state index contributed by atoms with van der Waals surface area (Å²) in [5.74, 6) is 1.91. The molecule has 2 heterocycles. The quantitative estimate of drug-likeness (QED) is 0.885. The van der Waals surface area contributed by atoms with Crippen molar-refractivity contribution in [1.29, 1.82) is 0 Å². The van der Waals surface area contributed by atoms with Gasteiger partial charge in [0, 0.05) is 7.05 Å². The Bertz CT molecular complexity index is 709. The van der Waals surface area contributed by atoms with Gasteiger partial charge < -0.3 is 5.32 Å². The number of amides is 1. The van der Waals surface area contributed by atoms with Crippen LogP contribution in [0, 0.1) is 12.3 Å². The summed E-state index contributed by atoms with van der Waals surface area (Å²) >= 11 is 1.07. The summed E-state index contributed by atoms with van der Waals surface area (Å²) in [5, 5.41) is 5.92. The van der Waals surface area contributed by atoms with Crippen molar-refractivity contribution in [2.45, 2.75) is 6.18 Å². The largest absolute Gasteiger partial charge is 0.435 e. The Kier molecular flexibility index (Phi) is 4.04. The standard InChI is InChI=1S/C13H10F3N3OS/c1-3-6-17-12(20)10-5-4-9(21-10)8-7-11(13(14,15)16)18-19(8)2/h1,4-5,7H,6H2,2H3,(H,17,20). The van der Waals surface area contributed by atoms with Crippen molar-refractivity contribution in [1.82, 2.24) is 15.1 Å². The van der Waals surface area contributed by atoms with Crippen molar-refractivity contribution >= 4 is 17.2 Å². The number of aryl methyl sites for hydroxylation is 1. The Labute approximate surface area is 122 Å². The van der Waals surface area contributed by atoms with E-state index < -0.39 is 11.9 Å². The maximum atomic E-state index is 12.6. The number of thiophene rings is 1. The van der Waals surface area contributed by atoms with Crippen molar-refractivity contribution < 1.29 is 18.0 Å². The molecule has 0 saturated carbocycles. The predicted molar refractivity (Wildman–Crippen MR) is 72.7 cm³/mol. The first-order chi connectivity index (χ1) is 9.82. The fraction of sp³-hybridized carbons (Fsp3) is 0.231. The second-order valence-electron chi connectivity index (χ2n) is 4.09. The molecule has 1 N–H and O–H groups in total. The minimum Gasteiger partial charge on any atom is -0.340 e. The number of alkyl halides is 3. The third-order valence-corrected chi connectivity index (χ3v) is 3.71. The highest BCUT2D eigenvalue weighted by Crippen LogP contribution is 2.33. The summed E-state index contributed by atoms with van der Waals surface area (Å²) in [4.78, 5) is 12.6. The second kappa shape index (κ2) is 5.61. The van der Waals surface area contributed by atoms with E-state index in [1.807, 2.05) is 0 Å². The zero-order valence-electron chi connectivity index (χ0n) is 10.9. The Morgan fingerprint density at radius 1 is 1.52 bits per heavy atom. The lowest BCUT2D eigenvalue weighted by Gasteiger charge is -1.99. The molecule has 0 aliphatic heterocycles. The maximum absolute atomic E-state index is 12.6. The fourth-order valence-electron chi connectivity index (χ4n) is 1.65. The van der Waals surface area contributed by atoms with Gasteiger partial charge in [0.2, 0.25) is 0 Å². The molecule has 0 bridgehead atoms. The first-order valence-electron chi connectivity index (χ1n) is 5.76. The van der Waals surface area contributed by atoms with Crippen LogP contribution < -0.4 is 5.32 Å². The van der Waals surface area contributed by atoms with E-state index in [0.29, 0.717) is 15.4 Å². The number of nitrogens with one attached hydrogen (secondary N) is 1. The smallest absolute Gasteiger partial charge is 0.340 e. The normalized spacial score (nSPS) is 11.2. The molecule has 21 heavy (non-hydrogen) atoms. The van der Waals surface area contributed by atoms with Gasteiger partial charge in [-0.05, 0) is 18.2 Å². The first-order valence-corrected chi connectivity index (χ1v) is 6.57. The summed E-state index contributed by atoms with van der Waals surface area (Å²) in [6.07, 6.45) is 0.535. The van der Waals surface area contributed by atoms with Crippen LogP contribution in [-0.4, -0.2) is 22.2 Å². The van der Waals surface area contributed by atoms with E-state index >= 15 is 0 Å². The van der Waals surface area contributed by atoms with Crippen molar-refractivity contribution in [2.24, 2.45) is 7.05 Å². The molecule has 0 saturated heterocycles. The van der Waals surface area contributed by atoms with Gasteiger partial charge in [-0.15, -0.1) is 17.8 Å². The Hall–Kier alpha value is -2.27. The molecule has 0 atom stereocenters. The highest BCUT2D eigenvalue weighted by Gasteiger charge is 2.34. The molecule has 4 nitrogen and oxygen atoms in total. The van der Waals surface area contributed by atoms with E-state index in [9.17, 15) is 18.0 Å². The molecule has 2 aromatic rings. The summed E-state index contributed by atoms with van der Waals surface area (Å²) in [5.41, 5.74) is -0.671. The zero-order valence-corrected chi connectivity index (χ0v) is 11.7. The van der Waals surface area contributed by atoms with Crippen molar-refractivity contribution in [3.8, 4) is 22.9 Å². The average molecular weight is 313 g/mol. The van der Waals surface area contributed by atoms with Gasteiger partial charge in [0.15, 0.2) is 5.69 Å². The summed E-state index contributed by atoms with van der Waals surface area (Å²) in [7, 11) is 1.42. The van der Waals surface area contributed by atoms with Crippen LogP contribution in [0.3, 0.4) is 0 Å². The number of rotatable bonds is 3. The highest BCUT2D eigenvalue weighted by atomic mass is 32.1. The lowest BCUT2D eigenvalue weighted by molar-refractivity contribution is -0.141. The lowest BCUT2D eigenvalue weighted by atomic mass is 10.3. The molecule has 0 fully saturated rings. The Morgan fingerprint density at radius 3 is 2.81 bits per heavy atom. The number of carbonyl (C=O) groups excluding carboxylic acids is 1. The molecule has 0 aliphatic carbocycles. The first kappa shape index (κ1) is 15.1. The Morgan fingerprint density at radius 2 is 2.24 bits per heavy atom. The topological polar surface area (TPSA) is 46.9 Å². The molecule has 0 aromatic carbocycles. The van der Waals surface area contributed by atoms with E-state index in [0.717, 1.165) is 22.1 Å². The molecule has 8 heteroatoms. The highest BCUT2D eigenvalue weighted by molar-refractivity contribution is 7.17. The van der Waals surface area contributed by atoms with Crippen LogP contribution in [0.2, 0.25) is 0 Å². The number of aromatic nitrogens is 2. The third-order valence-electron chi connectivity index (χ3n) is 2.60. The van der Waals surface area contributed by atoms with Crippen molar-refractivity contribution in [3.05, 3.63) is 28.8 Å². The zero-order chi connectivity index (χ0) is 15.6. The average Bonchev–Trinajstić information content (AvgIpc) is 3.01. The molecule has 2 rings (SSSR count). The molecular formula is C13H10F3N3OS. The van der Waals surface area contributed by atoms with Crippen LogP contribution in [0.5, 0.6) is 0 Å². The summed E-state index contributed by atoms with van der Waals surface area (Å²) in [6, 6.07) is 4.06. The van der Waals surface area contributed by atoms with Crippen LogP contribution >= 0.6 is 11.3 Å². The molecule has 110 valence electrons. The van der Waals surface area contributed by atoms with Crippen LogP contribution in [0.15, 0.2) is 18.2 Å². The molecule has 1 amide bonds. The van der Waals surface area contributed by atoms with Gasteiger partial charge in [-0.3, -0.25) is 9.48 Å². The van der Waals surface area contributed by atoms with E-state index in [1.54, 1.807) is 6.07 Å². The van der Waals surface area contributed by atoms with Crippen LogP contribution in [0.4, 0.5) is 13.2 Å². The fourth-order valence-corrected chi connectivity index (χ4v) is 2.62. The molecule has 0 aliphatic rings. The SMILES string of the molecule is C#CCNC(=O)c1ccc(-c2cc(C(F)(F)F)nn2C)s1. The van der Waals surface area contributed by atoms with Gasteiger partial charge in [0.05, 0.1) is 22.0 Å². The summed E-state index contributed by atoms with van der Waals surface area (Å²) in [6.45, 7) is 0.0933. The Balaban J connectivity index is 2.28.